The summed E-state index contributed by atoms with van der Waals surface area (Å²) >= 11 is 0. The summed E-state index contributed by atoms with van der Waals surface area (Å²) in [6, 6.07) is 12.9. The number of nitrogens with zero attached hydrogens (tertiary/aromatic N) is 2. The van der Waals surface area contributed by atoms with Gasteiger partial charge in [0.05, 0.1) is 16.9 Å². The number of ether oxygens (including phenoxy) is 1. The van der Waals surface area contributed by atoms with Gasteiger partial charge in [-0.3, -0.25) is 4.79 Å². The van der Waals surface area contributed by atoms with E-state index in [9.17, 15) is 19.1 Å². The maximum atomic E-state index is 13.1. The number of aromatic nitrogens is 2. The minimum atomic E-state index is -0.732. The maximum Gasteiger partial charge on any atom is 0.338 e. The predicted molar refractivity (Wildman–Crippen MR) is 95.3 cm³/mol. The minimum absolute atomic E-state index is 0.0763. The van der Waals surface area contributed by atoms with Crippen molar-refractivity contribution in [1.82, 2.24) is 9.78 Å². The van der Waals surface area contributed by atoms with E-state index in [4.69, 9.17) is 4.74 Å². The fourth-order valence-corrected chi connectivity index (χ4v) is 2.39. The minimum Gasteiger partial charge on any atom is -0.508 e. The van der Waals surface area contributed by atoms with Gasteiger partial charge in [-0.15, -0.1) is 0 Å². The number of anilines is 1. The molecule has 0 aliphatic rings. The van der Waals surface area contributed by atoms with E-state index < -0.39 is 18.5 Å². The molecule has 1 aromatic heterocycles. The molecule has 0 saturated heterocycles. The van der Waals surface area contributed by atoms with Gasteiger partial charge in [-0.2, -0.15) is 5.10 Å². The zero-order chi connectivity index (χ0) is 19.4. The lowest BCUT2D eigenvalue weighted by molar-refractivity contribution is -0.119. The molecule has 0 atom stereocenters. The van der Waals surface area contributed by atoms with E-state index in [1.807, 2.05) is 0 Å². The number of halogens is 1. The zero-order valence-corrected chi connectivity index (χ0v) is 14.3. The first kappa shape index (κ1) is 18.1. The SMILES string of the molecule is Cc1cc(NC(=O)COC(=O)c2cccc(O)c2)n(-c2ccc(F)cc2)n1. The van der Waals surface area contributed by atoms with Crippen molar-refractivity contribution in [2.24, 2.45) is 0 Å². The highest BCUT2D eigenvalue weighted by Gasteiger charge is 2.14. The van der Waals surface area contributed by atoms with Crippen LogP contribution in [0.3, 0.4) is 0 Å². The summed E-state index contributed by atoms with van der Waals surface area (Å²) < 4.78 is 19.5. The molecule has 0 saturated carbocycles. The smallest absolute Gasteiger partial charge is 0.338 e. The number of esters is 1. The molecule has 1 heterocycles. The average molecular weight is 369 g/mol. The highest BCUT2D eigenvalue weighted by atomic mass is 19.1. The molecule has 0 fully saturated rings. The first-order chi connectivity index (χ1) is 12.9. The average Bonchev–Trinajstić information content (AvgIpc) is 3.00. The standard InChI is InChI=1S/C19H16FN3O4/c1-12-9-17(23(22-12)15-7-5-14(20)6-8-15)21-18(25)11-27-19(26)13-3-2-4-16(24)10-13/h2-10,24H,11H2,1H3,(H,21,25). The van der Waals surface area contributed by atoms with E-state index in [1.54, 1.807) is 13.0 Å². The van der Waals surface area contributed by atoms with Crippen molar-refractivity contribution >= 4 is 17.7 Å². The fourth-order valence-electron chi connectivity index (χ4n) is 2.39. The van der Waals surface area contributed by atoms with Crippen LogP contribution in [0.15, 0.2) is 54.6 Å². The van der Waals surface area contributed by atoms with Gasteiger partial charge in [-0.05, 0) is 49.4 Å². The van der Waals surface area contributed by atoms with E-state index >= 15 is 0 Å². The van der Waals surface area contributed by atoms with E-state index in [1.165, 1.54) is 53.2 Å². The van der Waals surface area contributed by atoms with Crippen LogP contribution in [0.2, 0.25) is 0 Å². The monoisotopic (exact) mass is 369 g/mol. The number of amides is 1. The quantitative estimate of drug-likeness (QED) is 0.675. The number of benzene rings is 2. The van der Waals surface area contributed by atoms with Crippen LogP contribution in [-0.2, 0) is 9.53 Å². The van der Waals surface area contributed by atoms with Crippen molar-refractivity contribution < 1.29 is 23.8 Å². The summed E-state index contributed by atoms with van der Waals surface area (Å²) in [6.45, 7) is 1.24. The van der Waals surface area contributed by atoms with Crippen molar-refractivity contribution in [2.45, 2.75) is 6.92 Å². The Kier molecular flexibility index (Phi) is 5.16. The summed E-state index contributed by atoms with van der Waals surface area (Å²) in [5.74, 6) is -1.40. The van der Waals surface area contributed by atoms with Gasteiger partial charge in [-0.25, -0.2) is 13.9 Å². The van der Waals surface area contributed by atoms with Gasteiger partial charge < -0.3 is 15.2 Å². The van der Waals surface area contributed by atoms with Crippen molar-refractivity contribution in [2.75, 3.05) is 11.9 Å². The summed E-state index contributed by atoms with van der Waals surface area (Å²) in [7, 11) is 0. The first-order valence-electron chi connectivity index (χ1n) is 8.01. The van der Waals surface area contributed by atoms with Gasteiger partial charge in [0.1, 0.15) is 17.4 Å². The lowest BCUT2D eigenvalue weighted by atomic mass is 10.2. The Hall–Kier alpha value is -3.68. The molecule has 0 aliphatic heterocycles. The number of aryl methyl sites for hydroxylation is 1. The molecule has 0 aliphatic carbocycles. The van der Waals surface area contributed by atoms with E-state index in [2.05, 4.69) is 10.4 Å². The zero-order valence-electron chi connectivity index (χ0n) is 14.3. The molecule has 8 heteroatoms. The lowest BCUT2D eigenvalue weighted by Crippen LogP contribution is -2.22. The molecule has 2 N–H and O–H groups in total. The van der Waals surface area contributed by atoms with Crippen molar-refractivity contribution in [1.29, 1.82) is 0 Å². The molecular weight excluding hydrogens is 353 g/mol. The molecule has 1 amide bonds. The summed E-state index contributed by atoms with van der Waals surface area (Å²) in [4.78, 5) is 24.0. The number of carbonyl (C=O) groups excluding carboxylic acids is 2. The van der Waals surface area contributed by atoms with E-state index in [0.29, 0.717) is 17.2 Å². The Labute approximate surface area is 154 Å². The third-order valence-electron chi connectivity index (χ3n) is 3.59. The molecule has 138 valence electrons. The molecular formula is C19H16FN3O4. The number of aromatic hydroxyl groups is 1. The number of carbonyl (C=O) groups is 2. The van der Waals surface area contributed by atoms with Crippen molar-refractivity contribution in [3.05, 3.63) is 71.7 Å². The van der Waals surface area contributed by atoms with Crippen LogP contribution in [0.4, 0.5) is 10.2 Å². The molecule has 0 spiro atoms. The normalized spacial score (nSPS) is 10.4. The van der Waals surface area contributed by atoms with Gasteiger partial charge in [-0.1, -0.05) is 6.07 Å². The Morgan fingerprint density at radius 3 is 2.63 bits per heavy atom. The van der Waals surface area contributed by atoms with E-state index in [0.717, 1.165) is 0 Å². The highest BCUT2D eigenvalue weighted by Crippen LogP contribution is 2.18. The molecule has 3 aromatic rings. The highest BCUT2D eigenvalue weighted by molar-refractivity contribution is 5.95. The first-order valence-corrected chi connectivity index (χ1v) is 8.01. The van der Waals surface area contributed by atoms with Crippen LogP contribution >= 0.6 is 0 Å². The maximum absolute atomic E-state index is 13.1. The van der Waals surface area contributed by atoms with Gasteiger partial charge in [0.15, 0.2) is 6.61 Å². The summed E-state index contributed by atoms with van der Waals surface area (Å²) in [5, 5.41) is 16.2. The number of hydrogen-bond donors (Lipinski definition) is 2. The number of hydrogen-bond acceptors (Lipinski definition) is 5. The Morgan fingerprint density at radius 2 is 1.93 bits per heavy atom. The fraction of sp³-hybridized carbons (Fsp3) is 0.105. The van der Waals surface area contributed by atoms with Crippen LogP contribution < -0.4 is 5.32 Å². The number of nitrogens with one attached hydrogen (secondary N) is 1. The molecule has 3 rings (SSSR count). The largest absolute Gasteiger partial charge is 0.508 e. The third kappa shape index (κ3) is 4.49. The molecule has 0 radical (unpaired) electrons. The van der Waals surface area contributed by atoms with Crippen molar-refractivity contribution in [3.8, 4) is 11.4 Å². The van der Waals surface area contributed by atoms with Gasteiger partial charge in [0.2, 0.25) is 0 Å². The Balaban J connectivity index is 1.66. The van der Waals surface area contributed by atoms with Crippen LogP contribution in [0, 0.1) is 12.7 Å². The molecule has 7 nitrogen and oxygen atoms in total. The van der Waals surface area contributed by atoms with Gasteiger partial charge in [0, 0.05) is 6.07 Å². The predicted octanol–water partition coefficient (Wildman–Crippen LogP) is 2.82. The lowest BCUT2D eigenvalue weighted by Gasteiger charge is -2.09. The van der Waals surface area contributed by atoms with Gasteiger partial charge >= 0.3 is 5.97 Å². The molecule has 27 heavy (non-hydrogen) atoms. The van der Waals surface area contributed by atoms with E-state index in [-0.39, 0.29) is 17.1 Å². The van der Waals surface area contributed by atoms with Crippen molar-refractivity contribution in [3.63, 3.8) is 0 Å². The molecule has 2 aromatic carbocycles. The van der Waals surface area contributed by atoms with Crippen LogP contribution in [0.1, 0.15) is 16.1 Å². The number of phenolic OH excluding ortho intramolecular Hbond substituents is 1. The van der Waals surface area contributed by atoms with Gasteiger partial charge in [0.25, 0.3) is 5.91 Å². The molecule has 0 bridgehead atoms. The van der Waals surface area contributed by atoms with Crippen LogP contribution in [0.25, 0.3) is 5.69 Å². The third-order valence-corrected chi connectivity index (χ3v) is 3.59. The Morgan fingerprint density at radius 1 is 1.19 bits per heavy atom. The number of phenols is 1. The Bertz CT molecular complexity index is 983. The topological polar surface area (TPSA) is 93.5 Å². The van der Waals surface area contributed by atoms with Crippen LogP contribution in [0.5, 0.6) is 5.75 Å². The second kappa shape index (κ2) is 7.69. The number of rotatable bonds is 5. The summed E-state index contributed by atoms with van der Waals surface area (Å²) in [5.41, 5.74) is 1.35. The second-order valence-corrected chi connectivity index (χ2v) is 5.73. The molecule has 0 unspecified atom stereocenters. The van der Waals surface area contributed by atoms with Crippen LogP contribution in [-0.4, -0.2) is 33.4 Å². The summed E-state index contributed by atoms with van der Waals surface area (Å²) in [6.07, 6.45) is 0. The second-order valence-electron chi connectivity index (χ2n) is 5.73.